The Morgan fingerprint density at radius 2 is 1.89 bits per heavy atom. The summed E-state index contributed by atoms with van der Waals surface area (Å²) in [6, 6.07) is 1.77. The van der Waals surface area contributed by atoms with E-state index in [0.29, 0.717) is 4.88 Å². The average molecular weight is 284 g/mol. The molecule has 108 valence electrons. The van der Waals surface area contributed by atoms with E-state index in [4.69, 9.17) is 5.11 Å². The molecule has 1 aromatic rings. The Balaban J connectivity index is 2.50. The highest BCUT2D eigenvalue weighted by molar-refractivity contribution is 7.12. The van der Waals surface area contributed by atoms with Crippen molar-refractivity contribution in [3.8, 4) is 0 Å². The standard InChI is InChI=1S/C14H24N2O2S/c1-4-15(5-2)8-7-9-16(6-3)12-10-13(14(17)18)19-11-12/h10-11H,4-9H2,1-3H3,(H,17,18). The molecule has 0 spiro atoms. The van der Waals surface area contributed by atoms with Crippen molar-refractivity contribution >= 4 is 23.0 Å². The van der Waals surface area contributed by atoms with Crippen LogP contribution in [0.15, 0.2) is 11.4 Å². The second-order valence-electron chi connectivity index (χ2n) is 4.43. The highest BCUT2D eigenvalue weighted by atomic mass is 32.1. The van der Waals surface area contributed by atoms with Crippen LogP contribution in [0.1, 0.15) is 36.9 Å². The van der Waals surface area contributed by atoms with Gasteiger partial charge in [-0.15, -0.1) is 11.3 Å². The number of aromatic carboxylic acids is 1. The van der Waals surface area contributed by atoms with Crippen molar-refractivity contribution in [2.45, 2.75) is 27.2 Å². The molecular weight excluding hydrogens is 260 g/mol. The Labute approximate surface area is 119 Å². The van der Waals surface area contributed by atoms with Crippen molar-refractivity contribution in [1.82, 2.24) is 4.90 Å². The van der Waals surface area contributed by atoms with E-state index >= 15 is 0 Å². The van der Waals surface area contributed by atoms with Gasteiger partial charge in [0.2, 0.25) is 0 Å². The first-order chi connectivity index (χ1) is 9.12. The number of hydrogen-bond donors (Lipinski definition) is 1. The Morgan fingerprint density at radius 3 is 2.37 bits per heavy atom. The van der Waals surface area contributed by atoms with Crippen LogP contribution in [0.3, 0.4) is 0 Å². The summed E-state index contributed by atoms with van der Waals surface area (Å²) in [5.74, 6) is -0.838. The number of anilines is 1. The minimum Gasteiger partial charge on any atom is -0.477 e. The molecule has 1 N–H and O–H groups in total. The van der Waals surface area contributed by atoms with Gasteiger partial charge in [-0.3, -0.25) is 0 Å². The molecule has 4 nitrogen and oxygen atoms in total. The van der Waals surface area contributed by atoms with Gasteiger partial charge in [0.25, 0.3) is 0 Å². The molecule has 0 bridgehead atoms. The smallest absolute Gasteiger partial charge is 0.345 e. The monoisotopic (exact) mass is 284 g/mol. The van der Waals surface area contributed by atoms with Crippen molar-refractivity contribution in [2.24, 2.45) is 0 Å². The minimum atomic E-state index is -0.838. The molecule has 0 aliphatic rings. The van der Waals surface area contributed by atoms with Gasteiger partial charge in [0.05, 0.1) is 0 Å². The van der Waals surface area contributed by atoms with E-state index in [0.717, 1.165) is 44.8 Å². The van der Waals surface area contributed by atoms with Crippen LogP contribution in [0.2, 0.25) is 0 Å². The fourth-order valence-corrected chi connectivity index (χ4v) is 2.85. The molecule has 0 unspecified atom stereocenters. The van der Waals surface area contributed by atoms with Gasteiger partial charge in [-0.25, -0.2) is 4.79 Å². The van der Waals surface area contributed by atoms with Crippen LogP contribution < -0.4 is 4.90 Å². The number of thiophene rings is 1. The average Bonchev–Trinajstić information content (AvgIpc) is 2.89. The lowest BCUT2D eigenvalue weighted by Gasteiger charge is -2.24. The van der Waals surface area contributed by atoms with E-state index in [-0.39, 0.29) is 0 Å². The van der Waals surface area contributed by atoms with E-state index in [1.165, 1.54) is 11.3 Å². The zero-order valence-corrected chi connectivity index (χ0v) is 12.9. The Hall–Kier alpha value is -1.07. The van der Waals surface area contributed by atoms with Crippen LogP contribution in [0, 0.1) is 0 Å². The molecule has 0 aliphatic heterocycles. The van der Waals surface area contributed by atoms with Gasteiger partial charge in [-0.1, -0.05) is 13.8 Å². The molecule has 0 saturated carbocycles. The molecule has 0 amide bonds. The molecule has 5 heteroatoms. The summed E-state index contributed by atoms with van der Waals surface area (Å²) in [6.07, 6.45) is 1.10. The zero-order valence-electron chi connectivity index (χ0n) is 12.1. The van der Waals surface area contributed by atoms with E-state index in [9.17, 15) is 4.79 Å². The van der Waals surface area contributed by atoms with Crippen LogP contribution in [0.4, 0.5) is 5.69 Å². The maximum atomic E-state index is 10.9. The number of nitrogens with zero attached hydrogens (tertiary/aromatic N) is 2. The van der Waals surface area contributed by atoms with Crippen LogP contribution in [-0.4, -0.2) is 48.7 Å². The van der Waals surface area contributed by atoms with Gasteiger partial charge in [0.1, 0.15) is 4.88 Å². The van der Waals surface area contributed by atoms with Gasteiger partial charge in [0, 0.05) is 24.2 Å². The number of carboxylic acid groups (broad SMARTS) is 1. The van der Waals surface area contributed by atoms with Crippen molar-refractivity contribution in [3.63, 3.8) is 0 Å². The van der Waals surface area contributed by atoms with Crippen LogP contribution in [0.25, 0.3) is 0 Å². The molecule has 1 rings (SSSR count). The summed E-state index contributed by atoms with van der Waals surface area (Å²) in [7, 11) is 0. The van der Waals surface area contributed by atoms with Crippen molar-refractivity contribution < 1.29 is 9.90 Å². The quantitative estimate of drug-likeness (QED) is 0.757. The fourth-order valence-electron chi connectivity index (χ4n) is 2.10. The highest BCUT2D eigenvalue weighted by Gasteiger charge is 2.11. The second-order valence-corrected chi connectivity index (χ2v) is 5.35. The minimum absolute atomic E-state index is 0.414. The van der Waals surface area contributed by atoms with Gasteiger partial charge >= 0.3 is 5.97 Å². The first-order valence-corrected chi connectivity index (χ1v) is 7.79. The van der Waals surface area contributed by atoms with Gasteiger partial charge < -0.3 is 14.9 Å². The van der Waals surface area contributed by atoms with Gasteiger partial charge in [0.15, 0.2) is 0 Å². The number of carboxylic acids is 1. The summed E-state index contributed by atoms with van der Waals surface area (Å²) in [5, 5.41) is 10.9. The topological polar surface area (TPSA) is 43.8 Å². The van der Waals surface area contributed by atoms with Crippen LogP contribution in [-0.2, 0) is 0 Å². The van der Waals surface area contributed by atoms with Gasteiger partial charge in [-0.2, -0.15) is 0 Å². The third kappa shape index (κ3) is 4.84. The summed E-state index contributed by atoms with van der Waals surface area (Å²) in [4.78, 5) is 16.0. The normalized spacial score (nSPS) is 10.9. The van der Waals surface area contributed by atoms with E-state index in [1.54, 1.807) is 6.07 Å². The molecule has 0 radical (unpaired) electrons. The van der Waals surface area contributed by atoms with Gasteiger partial charge in [-0.05, 0) is 39.0 Å². The predicted octanol–water partition coefficient (Wildman–Crippen LogP) is 3.00. The lowest BCUT2D eigenvalue weighted by molar-refractivity contribution is 0.0702. The SMILES string of the molecule is CCN(CC)CCCN(CC)c1csc(C(=O)O)c1. The first kappa shape index (κ1) is 16.0. The number of hydrogen-bond acceptors (Lipinski definition) is 4. The van der Waals surface area contributed by atoms with Crippen LogP contribution >= 0.6 is 11.3 Å². The summed E-state index contributed by atoms with van der Waals surface area (Å²) in [6.45, 7) is 11.6. The first-order valence-electron chi connectivity index (χ1n) is 6.91. The third-order valence-electron chi connectivity index (χ3n) is 3.34. The van der Waals surface area contributed by atoms with E-state index in [2.05, 4.69) is 30.6 Å². The molecule has 0 aliphatic carbocycles. The molecule has 0 aromatic carbocycles. The Morgan fingerprint density at radius 1 is 1.21 bits per heavy atom. The maximum Gasteiger partial charge on any atom is 0.345 e. The summed E-state index contributed by atoms with van der Waals surface area (Å²) >= 11 is 1.30. The Bertz CT molecular complexity index is 389. The molecular formula is C14H24N2O2S. The van der Waals surface area contributed by atoms with Crippen molar-refractivity contribution in [3.05, 3.63) is 16.3 Å². The second kappa shape index (κ2) is 8.17. The fraction of sp³-hybridized carbons (Fsp3) is 0.643. The third-order valence-corrected chi connectivity index (χ3v) is 4.25. The van der Waals surface area contributed by atoms with E-state index in [1.807, 2.05) is 5.38 Å². The van der Waals surface area contributed by atoms with Crippen molar-refractivity contribution in [2.75, 3.05) is 37.6 Å². The molecule has 0 atom stereocenters. The highest BCUT2D eigenvalue weighted by Crippen LogP contribution is 2.23. The largest absolute Gasteiger partial charge is 0.477 e. The molecule has 1 heterocycles. The molecule has 0 fully saturated rings. The number of rotatable bonds is 9. The zero-order chi connectivity index (χ0) is 14.3. The molecule has 1 aromatic heterocycles. The van der Waals surface area contributed by atoms with Crippen molar-refractivity contribution in [1.29, 1.82) is 0 Å². The van der Waals surface area contributed by atoms with E-state index < -0.39 is 5.97 Å². The van der Waals surface area contributed by atoms with Crippen LogP contribution in [0.5, 0.6) is 0 Å². The molecule has 19 heavy (non-hydrogen) atoms. The lowest BCUT2D eigenvalue weighted by Crippen LogP contribution is -2.29. The number of carbonyl (C=O) groups is 1. The predicted molar refractivity (Wildman–Crippen MR) is 81.6 cm³/mol. The lowest BCUT2D eigenvalue weighted by atomic mass is 10.3. The summed E-state index contributed by atoms with van der Waals surface area (Å²) < 4.78 is 0. The maximum absolute atomic E-state index is 10.9. The molecule has 0 saturated heterocycles. The summed E-state index contributed by atoms with van der Waals surface area (Å²) in [5.41, 5.74) is 1.03. The Kier molecular flexibility index (Phi) is 6.87.